The molecule has 1 heterocycles. The molecule has 4 heteroatoms. The van der Waals surface area contributed by atoms with Gasteiger partial charge in [-0.3, -0.25) is 0 Å². The minimum absolute atomic E-state index is 0.131. The fourth-order valence-corrected chi connectivity index (χ4v) is 2.44. The lowest BCUT2D eigenvalue weighted by Crippen LogP contribution is -2.35. The quantitative estimate of drug-likeness (QED) is 0.847. The third-order valence-electron chi connectivity index (χ3n) is 3.38. The number of aromatic nitrogens is 1. The van der Waals surface area contributed by atoms with E-state index in [0.717, 1.165) is 28.8 Å². The van der Waals surface area contributed by atoms with Gasteiger partial charge >= 0.3 is 0 Å². The van der Waals surface area contributed by atoms with Crippen molar-refractivity contribution in [2.45, 2.75) is 26.4 Å². The molecule has 0 atom stereocenters. The fourth-order valence-electron chi connectivity index (χ4n) is 2.44. The molecule has 0 saturated carbocycles. The molecule has 0 bridgehead atoms. The summed E-state index contributed by atoms with van der Waals surface area (Å²) < 4.78 is 0. The Morgan fingerprint density at radius 2 is 2.05 bits per heavy atom. The summed E-state index contributed by atoms with van der Waals surface area (Å²) in [4.78, 5) is 6.96. The molecule has 108 valence electrons. The van der Waals surface area contributed by atoms with Crippen LogP contribution in [-0.2, 0) is 6.54 Å². The van der Waals surface area contributed by atoms with Crippen molar-refractivity contribution in [2.24, 2.45) is 0 Å². The van der Waals surface area contributed by atoms with Crippen LogP contribution in [0.25, 0.3) is 10.9 Å². The lowest BCUT2D eigenvalue weighted by atomic mass is 10.1. The number of rotatable bonds is 6. The van der Waals surface area contributed by atoms with Gasteiger partial charge in [-0.05, 0) is 33.0 Å². The number of nitrogens with one attached hydrogen (secondary N) is 1. The van der Waals surface area contributed by atoms with E-state index in [0.29, 0.717) is 12.6 Å². The molecule has 0 aliphatic rings. The molecule has 2 aromatic rings. The zero-order valence-corrected chi connectivity index (χ0v) is 12.4. The molecule has 0 saturated heterocycles. The molecule has 0 spiro atoms. The number of nitrogens with zero attached hydrogens (tertiary/aromatic N) is 2. The van der Waals surface area contributed by atoms with E-state index in [1.54, 1.807) is 0 Å². The maximum absolute atomic E-state index is 9.30. The van der Waals surface area contributed by atoms with Crippen molar-refractivity contribution < 1.29 is 5.11 Å². The van der Waals surface area contributed by atoms with Crippen LogP contribution in [0.2, 0.25) is 0 Å². The number of benzene rings is 1. The normalized spacial score (nSPS) is 11.2. The molecule has 0 aliphatic carbocycles. The van der Waals surface area contributed by atoms with Gasteiger partial charge in [0.2, 0.25) is 0 Å². The van der Waals surface area contributed by atoms with Gasteiger partial charge in [0.15, 0.2) is 0 Å². The van der Waals surface area contributed by atoms with E-state index in [1.165, 1.54) is 0 Å². The Morgan fingerprint density at radius 1 is 1.30 bits per heavy atom. The molecule has 1 aromatic carbocycles. The molecule has 0 unspecified atom stereocenters. The number of pyridine rings is 1. The van der Waals surface area contributed by atoms with Crippen molar-refractivity contribution in [3.63, 3.8) is 0 Å². The molecule has 2 N–H and O–H groups in total. The third kappa shape index (κ3) is 3.08. The number of aliphatic hydroxyl groups is 1. The second-order valence-corrected chi connectivity index (χ2v) is 5.20. The van der Waals surface area contributed by atoms with Gasteiger partial charge < -0.3 is 15.3 Å². The Labute approximate surface area is 120 Å². The highest BCUT2D eigenvalue weighted by Crippen LogP contribution is 2.25. The van der Waals surface area contributed by atoms with Gasteiger partial charge in [-0.25, -0.2) is 4.98 Å². The lowest BCUT2D eigenvalue weighted by Gasteiger charge is -2.29. The monoisotopic (exact) mass is 273 g/mol. The number of hydrogen-bond donors (Lipinski definition) is 2. The Morgan fingerprint density at radius 3 is 2.70 bits per heavy atom. The van der Waals surface area contributed by atoms with E-state index >= 15 is 0 Å². The standard InChI is InChI=1S/C16H23N3O/c1-12(2)19(8-9-20)16-14(11-17-3)10-13-6-4-5-7-15(13)18-16/h4-7,10,12,17,20H,8-9,11H2,1-3H3. The van der Waals surface area contributed by atoms with Crippen LogP contribution in [0.15, 0.2) is 30.3 Å². The predicted molar refractivity (Wildman–Crippen MR) is 84.1 cm³/mol. The molecular weight excluding hydrogens is 250 g/mol. The Kier molecular flexibility index (Phi) is 4.93. The smallest absolute Gasteiger partial charge is 0.134 e. The SMILES string of the molecule is CNCc1cc2ccccc2nc1N(CCO)C(C)C. The van der Waals surface area contributed by atoms with Gasteiger partial charge in [0.25, 0.3) is 0 Å². The first-order valence-electron chi connectivity index (χ1n) is 7.08. The van der Waals surface area contributed by atoms with Gasteiger partial charge in [-0.1, -0.05) is 18.2 Å². The Hall–Kier alpha value is -1.65. The first-order chi connectivity index (χ1) is 9.67. The van der Waals surface area contributed by atoms with Crippen LogP contribution in [0.3, 0.4) is 0 Å². The average molecular weight is 273 g/mol. The van der Waals surface area contributed by atoms with Crippen LogP contribution in [0, 0.1) is 0 Å². The molecule has 20 heavy (non-hydrogen) atoms. The molecular formula is C16H23N3O. The Bertz CT molecular complexity index is 569. The minimum Gasteiger partial charge on any atom is -0.395 e. The highest BCUT2D eigenvalue weighted by Gasteiger charge is 2.16. The van der Waals surface area contributed by atoms with Crippen molar-refractivity contribution in [1.29, 1.82) is 0 Å². The molecule has 2 rings (SSSR count). The molecule has 4 nitrogen and oxygen atoms in total. The summed E-state index contributed by atoms with van der Waals surface area (Å²) in [6, 6.07) is 10.6. The summed E-state index contributed by atoms with van der Waals surface area (Å²) in [6.07, 6.45) is 0. The Balaban J connectivity index is 2.55. The van der Waals surface area contributed by atoms with E-state index in [2.05, 4.69) is 36.2 Å². The van der Waals surface area contributed by atoms with Crippen molar-refractivity contribution >= 4 is 16.7 Å². The topological polar surface area (TPSA) is 48.4 Å². The van der Waals surface area contributed by atoms with E-state index in [9.17, 15) is 5.11 Å². The van der Waals surface area contributed by atoms with Gasteiger partial charge in [-0.15, -0.1) is 0 Å². The maximum atomic E-state index is 9.30. The van der Waals surface area contributed by atoms with Crippen LogP contribution in [0.5, 0.6) is 0 Å². The highest BCUT2D eigenvalue weighted by atomic mass is 16.3. The van der Waals surface area contributed by atoms with E-state index < -0.39 is 0 Å². The molecule has 1 aromatic heterocycles. The first-order valence-corrected chi connectivity index (χ1v) is 7.08. The zero-order valence-electron chi connectivity index (χ0n) is 12.4. The largest absolute Gasteiger partial charge is 0.395 e. The number of aliphatic hydroxyl groups excluding tert-OH is 1. The number of hydrogen-bond acceptors (Lipinski definition) is 4. The summed E-state index contributed by atoms with van der Waals surface area (Å²) >= 11 is 0. The zero-order chi connectivity index (χ0) is 14.5. The van der Waals surface area contributed by atoms with Gasteiger partial charge in [-0.2, -0.15) is 0 Å². The summed E-state index contributed by atoms with van der Waals surface area (Å²) in [5, 5.41) is 13.6. The van der Waals surface area contributed by atoms with Crippen LogP contribution in [0.4, 0.5) is 5.82 Å². The van der Waals surface area contributed by atoms with Crippen LogP contribution in [-0.4, -0.2) is 36.3 Å². The van der Waals surface area contributed by atoms with E-state index in [-0.39, 0.29) is 6.61 Å². The predicted octanol–water partition coefficient (Wildman–Crippen LogP) is 2.16. The van der Waals surface area contributed by atoms with E-state index in [4.69, 9.17) is 4.98 Å². The summed E-state index contributed by atoms with van der Waals surface area (Å²) in [5.74, 6) is 0.960. The summed E-state index contributed by atoms with van der Waals surface area (Å²) in [7, 11) is 1.94. The van der Waals surface area contributed by atoms with Crippen molar-refractivity contribution in [3.05, 3.63) is 35.9 Å². The minimum atomic E-state index is 0.131. The van der Waals surface area contributed by atoms with E-state index in [1.807, 2.05) is 25.2 Å². The van der Waals surface area contributed by atoms with Crippen LogP contribution >= 0.6 is 0 Å². The number of para-hydroxylation sites is 1. The fraction of sp³-hybridized carbons (Fsp3) is 0.438. The summed E-state index contributed by atoms with van der Waals surface area (Å²) in [5.41, 5.74) is 2.15. The van der Waals surface area contributed by atoms with Crippen LogP contribution in [0.1, 0.15) is 19.4 Å². The van der Waals surface area contributed by atoms with Gasteiger partial charge in [0.05, 0.1) is 12.1 Å². The van der Waals surface area contributed by atoms with Gasteiger partial charge in [0, 0.05) is 30.1 Å². The van der Waals surface area contributed by atoms with Crippen LogP contribution < -0.4 is 10.2 Å². The van der Waals surface area contributed by atoms with Crippen molar-refractivity contribution in [3.8, 4) is 0 Å². The third-order valence-corrected chi connectivity index (χ3v) is 3.38. The lowest BCUT2D eigenvalue weighted by molar-refractivity contribution is 0.298. The van der Waals surface area contributed by atoms with Crippen molar-refractivity contribution in [1.82, 2.24) is 10.3 Å². The second-order valence-electron chi connectivity index (χ2n) is 5.20. The average Bonchev–Trinajstić information content (AvgIpc) is 2.44. The molecule has 0 aliphatic heterocycles. The number of fused-ring (bicyclic) bond motifs is 1. The second kappa shape index (κ2) is 6.68. The maximum Gasteiger partial charge on any atom is 0.134 e. The first kappa shape index (κ1) is 14.8. The molecule has 0 amide bonds. The summed E-state index contributed by atoms with van der Waals surface area (Å²) in [6.45, 7) is 5.73. The molecule has 0 fully saturated rings. The number of anilines is 1. The van der Waals surface area contributed by atoms with Crippen molar-refractivity contribution in [2.75, 3.05) is 25.1 Å². The molecule has 0 radical (unpaired) electrons. The highest BCUT2D eigenvalue weighted by molar-refractivity contribution is 5.81. The van der Waals surface area contributed by atoms with Gasteiger partial charge in [0.1, 0.15) is 5.82 Å².